The van der Waals surface area contributed by atoms with Gasteiger partial charge in [0.15, 0.2) is 12.4 Å². The van der Waals surface area contributed by atoms with Gasteiger partial charge in [0.05, 0.1) is 23.2 Å². The number of hydrogen-bond donors (Lipinski definition) is 0. The molecule has 0 saturated heterocycles. The first-order valence-corrected chi connectivity index (χ1v) is 9.66. The number of nitro groups is 1. The van der Waals surface area contributed by atoms with Crippen LogP contribution in [0.4, 0.5) is 5.69 Å². The summed E-state index contributed by atoms with van der Waals surface area (Å²) >= 11 is 0. The van der Waals surface area contributed by atoms with Gasteiger partial charge in [-0.05, 0) is 40.8 Å². The fourth-order valence-corrected chi connectivity index (χ4v) is 3.67. The van der Waals surface area contributed by atoms with E-state index in [0.29, 0.717) is 5.56 Å². The number of benzene rings is 3. The highest BCUT2D eigenvalue weighted by atomic mass is 16.6. The number of rotatable bonds is 6. The summed E-state index contributed by atoms with van der Waals surface area (Å²) < 4.78 is 9.63. The van der Waals surface area contributed by atoms with E-state index in [1.807, 2.05) is 30.3 Å². The van der Waals surface area contributed by atoms with Crippen LogP contribution in [-0.4, -0.2) is 36.4 Å². The van der Waals surface area contributed by atoms with Gasteiger partial charge >= 0.3 is 11.9 Å². The Morgan fingerprint density at radius 3 is 2.28 bits per heavy atom. The molecular formula is C24H17NO7. The third-order valence-corrected chi connectivity index (χ3v) is 5.24. The molecule has 0 aliphatic heterocycles. The molecule has 8 nitrogen and oxygen atoms in total. The Morgan fingerprint density at radius 2 is 1.56 bits per heavy atom. The van der Waals surface area contributed by atoms with Gasteiger partial charge in [-0.3, -0.25) is 14.9 Å². The normalized spacial score (nSPS) is 11.3. The molecule has 0 bridgehead atoms. The maximum Gasteiger partial charge on any atom is 0.338 e. The lowest BCUT2D eigenvalue weighted by Gasteiger charge is -2.08. The van der Waals surface area contributed by atoms with Crippen LogP contribution in [0.3, 0.4) is 0 Å². The zero-order valence-electron chi connectivity index (χ0n) is 17.0. The molecule has 1 aliphatic rings. The maximum atomic E-state index is 12.6. The van der Waals surface area contributed by atoms with Gasteiger partial charge in [0.1, 0.15) is 0 Å². The molecule has 0 N–H and O–H groups in total. The number of ketones is 1. The minimum atomic E-state index is -0.960. The molecule has 8 heteroatoms. The van der Waals surface area contributed by atoms with Gasteiger partial charge in [0, 0.05) is 17.7 Å². The predicted octanol–water partition coefficient (Wildman–Crippen LogP) is 3.99. The molecule has 0 unspecified atom stereocenters. The van der Waals surface area contributed by atoms with Gasteiger partial charge < -0.3 is 9.47 Å². The fraction of sp³-hybridized carbons (Fsp3) is 0.125. The van der Waals surface area contributed by atoms with Crippen LogP contribution in [-0.2, 0) is 15.9 Å². The number of nitro benzene ring substituents is 1. The zero-order valence-corrected chi connectivity index (χ0v) is 17.0. The quantitative estimate of drug-likeness (QED) is 0.196. The van der Waals surface area contributed by atoms with Gasteiger partial charge in [-0.15, -0.1) is 0 Å². The number of ether oxygens (including phenoxy) is 2. The number of fused-ring (bicyclic) bond motifs is 3. The minimum absolute atomic E-state index is 0.169. The summed E-state index contributed by atoms with van der Waals surface area (Å²) in [5.41, 5.74) is 3.87. The van der Waals surface area contributed by atoms with Crippen molar-refractivity contribution < 1.29 is 28.8 Å². The number of hydrogen-bond acceptors (Lipinski definition) is 7. The molecule has 0 aromatic heterocycles. The second-order valence-electron chi connectivity index (χ2n) is 7.22. The first kappa shape index (κ1) is 20.9. The number of esters is 2. The number of Topliss-reactive ketones (excluding diaryl/α,β-unsaturated/α-hetero) is 1. The highest BCUT2D eigenvalue weighted by Gasteiger charge is 2.22. The van der Waals surface area contributed by atoms with Gasteiger partial charge in [-0.1, -0.05) is 36.4 Å². The SMILES string of the molecule is COC(=O)c1cc(C(=O)OCC(=O)c2ccc3c(c2)-c2ccccc2C3)cc([N+](=O)[O-])c1. The van der Waals surface area contributed by atoms with Crippen molar-refractivity contribution in [1.82, 2.24) is 0 Å². The van der Waals surface area contributed by atoms with E-state index in [1.54, 1.807) is 12.1 Å². The standard InChI is InChI=1S/C24H17NO7/c1-31-23(27)17-9-18(11-19(10-17)25(29)30)24(28)32-13-22(26)16-7-6-15-8-14-4-2-3-5-20(14)21(15)12-16/h2-7,9-12H,8,13H2,1H3. The smallest absolute Gasteiger partial charge is 0.338 e. The van der Waals surface area contributed by atoms with E-state index in [-0.39, 0.29) is 11.1 Å². The second kappa shape index (κ2) is 8.43. The molecule has 0 fully saturated rings. The van der Waals surface area contributed by atoms with Crippen molar-refractivity contribution in [3.63, 3.8) is 0 Å². The summed E-state index contributed by atoms with van der Waals surface area (Å²) in [6.45, 7) is -0.546. The first-order chi connectivity index (χ1) is 15.4. The second-order valence-corrected chi connectivity index (χ2v) is 7.22. The summed E-state index contributed by atoms with van der Waals surface area (Å²) in [6.07, 6.45) is 0.796. The van der Waals surface area contributed by atoms with Gasteiger partial charge in [0.25, 0.3) is 5.69 Å². The Labute approximate surface area is 182 Å². The Hall–Kier alpha value is -4.33. The van der Waals surface area contributed by atoms with Crippen molar-refractivity contribution in [3.8, 4) is 11.1 Å². The van der Waals surface area contributed by atoms with Crippen molar-refractivity contribution in [2.75, 3.05) is 13.7 Å². The lowest BCUT2D eigenvalue weighted by atomic mass is 10.0. The van der Waals surface area contributed by atoms with E-state index < -0.39 is 34.9 Å². The fourth-order valence-electron chi connectivity index (χ4n) is 3.67. The predicted molar refractivity (Wildman–Crippen MR) is 114 cm³/mol. The number of carbonyl (C=O) groups excluding carboxylic acids is 3. The van der Waals surface area contributed by atoms with E-state index in [9.17, 15) is 24.5 Å². The molecule has 3 aromatic carbocycles. The van der Waals surface area contributed by atoms with Gasteiger partial charge in [-0.2, -0.15) is 0 Å². The van der Waals surface area contributed by atoms with Crippen molar-refractivity contribution in [2.45, 2.75) is 6.42 Å². The van der Waals surface area contributed by atoms with Gasteiger partial charge in [0.2, 0.25) is 0 Å². The molecule has 0 amide bonds. The van der Waals surface area contributed by atoms with Crippen LogP contribution in [0.25, 0.3) is 11.1 Å². The average molecular weight is 431 g/mol. The summed E-state index contributed by atoms with van der Waals surface area (Å²) in [7, 11) is 1.12. The van der Waals surface area contributed by atoms with Crippen molar-refractivity contribution in [3.05, 3.63) is 98.6 Å². The van der Waals surface area contributed by atoms with Crippen LogP contribution in [0.2, 0.25) is 0 Å². The molecule has 160 valence electrons. The van der Waals surface area contributed by atoms with E-state index in [1.165, 1.54) is 5.56 Å². The van der Waals surface area contributed by atoms with Gasteiger partial charge in [-0.25, -0.2) is 9.59 Å². The van der Waals surface area contributed by atoms with Crippen LogP contribution < -0.4 is 0 Å². The summed E-state index contributed by atoms with van der Waals surface area (Å²) in [4.78, 5) is 47.2. The Morgan fingerprint density at radius 1 is 0.875 bits per heavy atom. The lowest BCUT2D eigenvalue weighted by molar-refractivity contribution is -0.384. The highest BCUT2D eigenvalue weighted by molar-refractivity contribution is 6.01. The molecule has 3 aromatic rings. The topological polar surface area (TPSA) is 113 Å². The number of non-ortho nitro benzene ring substituents is 1. The largest absolute Gasteiger partial charge is 0.465 e. The van der Waals surface area contributed by atoms with Crippen molar-refractivity contribution >= 4 is 23.4 Å². The average Bonchev–Trinajstić information content (AvgIpc) is 3.19. The molecule has 4 rings (SSSR count). The Kier molecular flexibility index (Phi) is 5.51. The molecule has 1 aliphatic carbocycles. The number of nitrogens with zero attached hydrogens (tertiary/aromatic N) is 1. The Bertz CT molecular complexity index is 1280. The van der Waals surface area contributed by atoms with Crippen LogP contribution >= 0.6 is 0 Å². The van der Waals surface area contributed by atoms with Crippen molar-refractivity contribution in [2.24, 2.45) is 0 Å². The van der Waals surface area contributed by atoms with E-state index >= 15 is 0 Å². The third kappa shape index (κ3) is 3.98. The van der Waals surface area contributed by atoms with Crippen LogP contribution in [0.5, 0.6) is 0 Å². The first-order valence-electron chi connectivity index (χ1n) is 9.66. The number of carbonyl (C=O) groups is 3. The van der Waals surface area contributed by atoms with Crippen molar-refractivity contribution in [1.29, 1.82) is 0 Å². The molecule has 0 saturated carbocycles. The van der Waals surface area contributed by atoms with E-state index in [2.05, 4.69) is 4.74 Å². The zero-order chi connectivity index (χ0) is 22.8. The Balaban J connectivity index is 1.51. The molecule has 32 heavy (non-hydrogen) atoms. The molecule has 0 radical (unpaired) electrons. The number of methoxy groups -OCH3 is 1. The summed E-state index contributed by atoms with van der Waals surface area (Å²) in [6, 6.07) is 16.4. The highest BCUT2D eigenvalue weighted by Crippen LogP contribution is 2.36. The monoisotopic (exact) mass is 431 g/mol. The van der Waals surface area contributed by atoms with Crippen LogP contribution in [0.1, 0.15) is 42.2 Å². The molecule has 0 spiro atoms. The maximum absolute atomic E-state index is 12.6. The van der Waals surface area contributed by atoms with E-state index in [0.717, 1.165) is 48.4 Å². The third-order valence-electron chi connectivity index (χ3n) is 5.24. The van der Waals surface area contributed by atoms with Crippen LogP contribution in [0, 0.1) is 10.1 Å². The van der Waals surface area contributed by atoms with E-state index in [4.69, 9.17) is 4.74 Å². The minimum Gasteiger partial charge on any atom is -0.465 e. The van der Waals surface area contributed by atoms with Crippen LogP contribution in [0.15, 0.2) is 60.7 Å². The summed E-state index contributed by atoms with van der Waals surface area (Å²) in [5, 5.41) is 11.1. The molecular weight excluding hydrogens is 414 g/mol. The molecule has 0 heterocycles. The summed E-state index contributed by atoms with van der Waals surface area (Å²) in [5.74, 6) is -2.21. The molecule has 0 atom stereocenters. The lowest BCUT2D eigenvalue weighted by Crippen LogP contribution is -2.15.